The van der Waals surface area contributed by atoms with Crippen LogP contribution in [0.3, 0.4) is 0 Å². The fourth-order valence-electron chi connectivity index (χ4n) is 1.05. The van der Waals surface area contributed by atoms with Gasteiger partial charge in [-0.2, -0.15) is 0 Å². The van der Waals surface area contributed by atoms with E-state index in [9.17, 15) is 4.79 Å². The molecule has 0 heterocycles. The van der Waals surface area contributed by atoms with E-state index in [1.165, 1.54) is 0 Å². The maximum atomic E-state index is 9.93. The van der Waals surface area contributed by atoms with E-state index in [1.54, 1.807) is 0 Å². The molecule has 2 N–H and O–H groups in total. The van der Waals surface area contributed by atoms with Crippen LogP contribution in [0.25, 0.3) is 0 Å². The van der Waals surface area contributed by atoms with Crippen molar-refractivity contribution in [3.8, 4) is 0 Å². The number of amides is 1. The largest absolute Gasteiger partial charge is 0.385 e. The quantitative estimate of drug-likeness (QED) is 0.559. The minimum absolute atomic E-state index is 0.699. The molecule has 0 atom stereocenters. The average molecular weight is 213 g/mol. The van der Waals surface area contributed by atoms with E-state index in [4.69, 9.17) is 11.6 Å². The molecule has 0 aromatic heterocycles. The van der Waals surface area contributed by atoms with Gasteiger partial charge in [0, 0.05) is 23.8 Å². The first-order valence-electron chi connectivity index (χ1n) is 4.49. The number of hydrogen-bond donors (Lipinski definition) is 2. The number of nitrogens with one attached hydrogen (secondary N) is 2. The zero-order valence-corrected chi connectivity index (χ0v) is 8.55. The van der Waals surface area contributed by atoms with Gasteiger partial charge in [0.15, 0.2) is 0 Å². The lowest BCUT2D eigenvalue weighted by molar-refractivity contribution is -0.109. The Morgan fingerprint density at radius 2 is 1.93 bits per heavy atom. The lowest BCUT2D eigenvalue weighted by Crippen LogP contribution is -2.15. The minimum Gasteiger partial charge on any atom is -0.385 e. The zero-order chi connectivity index (χ0) is 10.2. The van der Waals surface area contributed by atoms with Gasteiger partial charge in [0.25, 0.3) is 0 Å². The van der Waals surface area contributed by atoms with Crippen LogP contribution >= 0.6 is 11.6 Å². The van der Waals surface area contributed by atoms with Crippen LogP contribution in [0.1, 0.15) is 6.42 Å². The van der Waals surface area contributed by atoms with E-state index in [-0.39, 0.29) is 0 Å². The smallest absolute Gasteiger partial charge is 0.207 e. The molecule has 0 spiro atoms. The standard InChI is InChI=1S/C10H13ClN2O/c11-9-2-4-10(5-3-9)13-7-1-6-12-8-14/h2-5,8,13H,1,6-7H2,(H,12,14). The van der Waals surface area contributed by atoms with Crippen molar-refractivity contribution in [1.29, 1.82) is 0 Å². The molecule has 0 unspecified atom stereocenters. The summed E-state index contributed by atoms with van der Waals surface area (Å²) in [6, 6.07) is 7.53. The highest BCUT2D eigenvalue weighted by Gasteiger charge is 1.91. The van der Waals surface area contributed by atoms with Gasteiger partial charge >= 0.3 is 0 Å². The third-order valence-electron chi connectivity index (χ3n) is 1.75. The Bertz CT molecular complexity index is 274. The fraction of sp³-hybridized carbons (Fsp3) is 0.300. The summed E-state index contributed by atoms with van der Waals surface area (Å²) < 4.78 is 0. The van der Waals surface area contributed by atoms with E-state index in [2.05, 4.69) is 10.6 Å². The molecule has 1 amide bonds. The molecule has 1 aromatic rings. The van der Waals surface area contributed by atoms with Crippen LogP contribution in [-0.2, 0) is 4.79 Å². The highest BCUT2D eigenvalue weighted by Crippen LogP contribution is 2.12. The van der Waals surface area contributed by atoms with Gasteiger partial charge in [0.2, 0.25) is 6.41 Å². The molecule has 1 aromatic carbocycles. The van der Waals surface area contributed by atoms with Crippen molar-refractivity contribution < 1.29 is 4.79 Å². The monoisotopic (exact) mass is 212 g/mol. The molecule has 0 bridgehead atoms. The normalized spacial score (nSPS) is 9.50. The van der Waals surface area contributed by atoms with Crippen LogP contribution in [0.4, 0.5) is 5.69 Å². The van der Waals surface area contributed by atoms with Crippen LogP contribution in [0.5, 0.6) is 0 Å². The predicted molar refractivity (Wildman–Crippen MR) is 58.6 cm³/mol. The molecule has 0 saturated heterocycles. The molecular weight excluding hydrogens is 200 g/mol. The van der Waals surface area contributed by atoms with Crippen molar-refractivity contribution in [1.82, 2.24) is 5.32 Å². The summed E-state index contributed by atoms with van der Waals surface area (Å²) in [5, 5.41) is 6.55. The van der Waals surface area contributed by atoms with Crippen LogP contribution in [0.2, 0.25) is 5.02 Å². The maximum Gasteiger partial charge on any atom is 0.207 e. The van der Waals surface area contributed by atoms with Gasteiger partial charge in [-0.05, 0) is 30.7 Å². The molecule has 0 radical (unpaired) electrons. The highest BCUT2D eigenvalue weighted by molar-refractivity contribution is 6.30. The van der Waals surface area contributed by atoms with Gasteiger partial charge in [-0.3, -0.25) is 4.79 Å². The fourth-order valence-corrected chi connectivity index (χ4v) is 1.18. The van der Waals surface area contributed by atoms with E-state index in [0.717, 1.165) is 23.7 Å². The molecule has 14 heavy (non-hydrogen) atoms. The van der Waals surface area contributed by atoms with Crippen molar-refractivity contribution in [2.75, 3.05) is 18.4 Å². The second-order valence-electron chi connectivity index (χ2n) is 2.86. The van der Waals surface area contributed by atoms with Gasteiger partial charge in [0.1, 0.15) is 0 Å². The summed E-state index contributed by atoms with van der Waals surface area (Å²) in [5.74, 6) is 0. The van der Waals surface area contributed by atoms with Crippen LogP contribution in [-0.4, -0.2) is 19.5 Å². The molecule has 4 heteroatoms. The highest BCUT2D eigenvalue weighted by atomic mass is 35.5. The van der Waals surface area contributed by atoms with Crippen molar-refractivity contribution in [2.45, 2.75) is 6.42 Å². The molecule has 0 aliphatic heterocycles. The average Bonchev–Trinajstić information content (AvgIpc) is 2.21. The summed E-state index contributed by atoms with van der Waals surface area (Å²) in [5.41, 5.74) is 1.04. The Labute approximate surface area is 88.5 Å². The number of halogens is 1. The second-order valence-corrected chi connectivity index (χ2v) is 3.30. The third-order valence-corrected chi connectivity index (χ3v) is 2.01. The van der Waals surface area contributed by atoms with Gasteiger partial charge in [-0.25, -0.2) is 0 Å². The van der Waals surface area contributed by atoms with Crippen molar-refractivity contribution in [3.63, 3.8) is 0 Å². The lowest BCUT2D eigenvalue weighted by Gasteiger charge is -2.05. The molecule has 0 fully saturated rings. The van der Waals surface area contributed by atoms with Crippen molar-refractivity contribution in [3.05, 3.63) is 29.3 Å². The summed E-state index contributed by atoms with van der Waals surface area (Å²) in [7, 11) is 0. The van der Waals surface area contributed by atoms with E-state index >= 15 is 0 Å². The number of carbonyl (C=O) groups is 1. The van der Waals surface area contributed by atoms with Crippen molar-refractivity contribution in [2.24, 2.45) is 0 Å². The summed E-state index contributed by atoms with van der Waals surface area (Å²) >= 11 is 5.74. The number of anilines is 1. The Balaban J connectivity index is 2.18. The minimum atomic E-state index is 0.699. The maximum absolute atomic E-state index is 9.93. The Morgan fingerprint density at radius 3 is 2.57 bits per heavy atom. The summed E-state index contributed by atoms with van der Waals surface area (Å²) in [4.78, 5) is 9.93. The third kappa shape index (κ3) is 4.14. The number of benzene rings is 1. The van der Waals surface area contributed by atoms with Gasteiger partial charge in [0.05, 0.1) is 0 Å². The molecule has 0 aliphatic rings. The number of carbonyl (C=O) groups excluding carboxylic acids is 1. The second kappa shape index (κ2) is 6.27. The van der Waals surface area contributed by atoms with Crippen molar-refractivity contribution >= 4 is 23.7 Å². The topological polar surface area (TPSA) is 41.1 Å². The Kier molecular flexibility index (Phi) is 4.86. The van der Waals surface area contributed by atoms with Crippen LogP contribution in [0.15, 0.2) is 24.3 Å². The number of hydrogen-bond acceptors (Lipinski definition) is 2. The van der Waals surface area contributed by atoms with E-state index in [1.807, 2.05) is 24.3 Å². The Hall–Kier alpha value is -1.22. The van der Waals surface area contributed by atoms with Gasteiger partial charge in [-0.15, -0.1) is 0 Å². The molecule has 76 valence electrons. The summed E-state index contributed by atoms with van der Waals surface area (Å²) in [6.07, 6.45) is 1.61. The first kappa shape index (κ1) is 10.9. The molecule has 0 aliphatic carbocycles. The van der Waals surface area contributed by atoms with Gasteiger partial charge < -0.3 is 10.6 Å². The van der Waals surface area contributed by atoms with E-state index in [0.29, 0.717) is 13.0 Å². The first-order chi connectivity index (χ1) is 6.83. The van der Waals surface area contributed by atoms with Gasteiger partial charge in [-0.1, -0.05) is 11.6 Å². The summed E-state index contributed by atoms with van der Waals surface area (Å²) in [6.45, 7) is 1.53. The number of rotatable bonds is 6. The van der Waals surface area contributed by atoms with Crippen LogP contribution < -0.4 is 10.6 Å². The molecular formula is C10H13ClN2O. The van der Waals surface area contributed by atoms with E-state index < -0.39 is 0 Å². The van der Waals surface area contributed by atoms with Crippen LogP contribution in [0, 0.1) is 0 Å². The molecule has 3 nitrogen and oxygen atoms in total. The first-order valence-corrected chi connectivity index (χ1v) is 4.87. The predicted octanol–water partition coefficient (Wildman–Crippen LogP) is 1.89. The molecule has 0 saturated carbocycles. The Morgan fingerprint density at radius 1 is 1.21 bits per heavy atom. The molecule has 1 rings (SSSR count). The SMILES string of the molecule is O=CNCCCNc1ccc(Cl)cc1. The lowest BCUT2D eigenvalue weighted by atomic mass is 10.3. The zero-order valence-electron chi connectivity index (χ0n) is 7.79.